The number of aryl methyl sites for hydroxylation is 2. The standard InChI is InChI=1S/C10H10N4OS/c1-7-8(5-15)10(14(2)13-7)16-9-3-4-11-6-12-9/h3-6H,1-2H3. The highest BCUT2D eigenvalue weighted by Crippen LogP contribution is 2.28. The van der Waals surface area contributed by atoms with Gasteiger partial charge < -0.3 is 0 Å². The number of carbonyl (C=O) groups excluding carboxylic acids is 1. The Hall–Kier alpha value is -1.69. The van der Waals surface area contributed by atoms with Crippen LogP contribution in [0.3, 0.4) is 0 Å². The summed E-state index contributed by atoms with van der Waals surface area (Å²) in [5, 5.41) is 5.79. The van der Waals surface area contributed by atoms with Crippen molar-refractivity contribution in [1.29, 1.82) is 0 Å². The van der Waals surface area contributed by atoms with Gasteiger partial charge in [0.05, 0.1) is 11.3 Å². The van der Waals surface area contributed by atoms with Crippen LogP contribution in [-0.2, 0) is 7.05 Å². The maximum atomic E-state index is 11.0. The van der Waals surface area contributed by atoms with Crippen LogP contribution in [0.1, 0.15) is 16.1 Å². The topological polar surface area (TPSA) is 60.7 Å². The van der Waals surface area contributed by atoms with Crippen molar-refractivity contribution in [3.05, 3.63) is 29.8 Å². The molecule has 5 nitrogen and oxygen atoms in total. The van der Waals surface area contributed by atoms with Crippen LogP contribution >= 0.6 is 11.8 Å². The molecule has 0 radical (unpaired) electrons. The van der Waals surface area contributed by atoms with Crippen molar-refractivity contribution in [2.24, 2.45) is 7.05 Å². The number of rotatable bonds is 3. The number of nitrogens with zero attached hydrogens (tertiary/aromatic N) is 4. The first-order chi connectivity index (χ1) is 7.72. The third kappa shape index (κ3) is 1.96. The summed E-state index contributed by atoms with van der Waals surface area (Å²) in [5.74, 6) is 0. The summed E-state index contributed by atoms with van der Waals surface area (Å²) in [5.41, 5.74) is 1.35. The summed E-state index contributed by atoms with van der Waals surface area (Å²) >= 11 is 1.40. The Morgan fingerprint density at radius 2 is 2.31 bits per heavy atom. The van der Waals surface area contributed by atoms with Gasteiger partial charge in [0.1, 0.15) is 16.4 Å². The van der Waals surface area contributed by atoms with E-state index in [1.165, 1.54) is 18.1 Å². The number of carbonyl (C=O) groups is 1. The van der Waals surface area contributed by atoms with Gasteiger partial charge >= 0.3 is 0 Å². The third-order valence-electron chi connectivity index (χ3n) is 2.09. The molecule has 2 rings (SSSR count). The van der Waals surface area contributed by atoms with Crippen LogP contribution in [-0.4, -0.2) is 26.0 Å². The molecule has 0 bridgehead atoms. The molecule has 0 aliphatic carbocycles. The molecule has 0 aromatic carbocycles. The molecule has 16 heavy (non-hydrogen) atoms. The summed E-state index contributed by atoms with van der Waals surface area (Å²) in [6.45, 7) is 1.81. The molecule has 0 amide bonds. The molecule has 2 heterocycles. The van der Waals surface area contributed by atoms with Gasteiger partial charge in [0, 0.05) is 13.2 Å². The van der Waals surface area contributed by atoms with Gasteiger partial charge in [-0.1, -0.05) is 0 Å². The average molecular weight is 234 g/mol. The second kappa shape index (κ2) is 4.44. The monoisotopic (exact) mass is 234 g/mol. The van der Waals surface area contributed by atoms with Gasteiger partial charge in [0.15, 0.2) is 6.29 Å². The maximum absolute atomic E-state index is 11.0. The average Bonchev–Trinajstić information content (AvgIpc) is 2.55. The van der Waals surface area contributed by atoms with E-state index in [4.69, 9.17) is 0 Å². The molecular formula is C10H10N4OS. The minimum Gasteiger partial charge on any atom is -0.298 e. The summed E-state index contributed by atoms with van der Waals surface area (Å²) in [4.78, 5) is 18.9. The molecule has 0 saturated heterocycles. The Balaban J connectivity index is 2.38. The molecule has 0 N–H and O–H groups in total. The zero-order chi connectivity index (χ0) is 11.5. The van der Waals surface area contributed by atoms with Gasteiger partial charge in [0.2, 0.25) is 0 Å². The normalized spacial score (nSPS) is 10.4. The molecule has 0 atom stereocenters. The fraction of sp³-hybridized carbons (Fsp3) is 0.200. The zero-order valence-electron chi connectivity index (χ0n) is 8.91. The molecule has 2 aromatic heterocycles. The lowest BCUT2D eigenvalue weighted by Gasteiger charge is -2.01. The van der Waals surface area contributed by atoms with Crippen molar-refractivity contribution >= 4 is 18.0 Å². The van der Waals surface area contributed by atoms with Crippen molar-refractivity contribution < 1.29 is 4.79 Å². The fourth-order valence-corrected chi connectivity index (χ4v) is 2.25. The zero-order valence-corrected chi connectivity index (χ0v) is 9.73. The van der Waals surface area contributed by atoms with Crippen LogP contribution < -0.4 is 0 Å². The van der Waals surface area contributed by atoms with Gasteiger partial charge in [-0.05, 0) is 24.8 Å². The predicted octanol–water partition coefficient (Wildman–Crippen LogP) is 1.48. The minimum atomic E-state index is 0.617. The second-order valence-corrected chi connectivity index (χ2v) is 4.20. The van der Waals surface area contributed by atoms with Crippen LogP contribution in [0.5, 0.6) is 0 Å². The fourth-order valence-electron chi connectivity index (χ4n) is 1.35. The molecule has 82 valence electrons. The predicted molar refractivity (Wildman–Crippen MR) is 59.5 cm³/mol. The van der Waals surface area contributed by atoms with Crippen LogP contribution in [0.4, 0.5) is 0 Å². The highest BCUT2D eigenvalue weighted by Gasteiger charge is 2.13. The van der Waals surface area contributed by atoms with E-state index in [1.807, 2.05) is 14.0 Å². The van der Waals surface area contributed by atoms with Crippen molar-refractivity contribution in [2.45, 2.75) is 17.0 Å². The summed E-state index contributed by atoms with van der Waals surface area (Å²) < 4.78 is 1.69. The Bertz CT molecular complexity index is 509. The largest absolute Gasteiger partial charge is 0.298 e. The molecule has 0 fully saturated rings. The molecular weight excluding hydrogens is 224 g/mol. The third-order valence-corrected chi connectivity index (χ3v) is 3.22. The van der Waals surface area contributed by atoms with Crippen molar-refractivity contribution in [1.82, 2.24) is 19.7 Å². The Morgan fingerprint density at radius 3 is 2.94 bits per heavy atom. The first-order valence-electron chi connectivity index (χ1n) is 4.65. The van der Waals surface area contributed by atoms with Crippen LogP contribution in [0, 0.1) is 6.92 Å². The first-order valence-corrected chi connectivity index (χ1v) is 5.46. The minimum absolute atomic E-state index is 0.617. The molecule has 2 aromatic rings. The lowest BCUT2D eigenvalue weighted by atomic mass is 10.3. The van der Waals surface area contributed by atoms with Gasteiger partial charge in [-0.25, -0.2) is 9.97 Å². The number of hydrogen-bond acceptors (Lipinski definition) is 5. The number of aromatic nitrogens is 4. The van der Waals surface area contributed by atoms with Crippen molar-refractivity contribution in [3.63, 3.8) is 0 Å². The molecule has 0 spiro atoms. The molecule has 0 saturated carbocycles. The molecule has 0 aliphatic rings. The summed E-state index contributed by atoms with van der Waals surface area (Å²) in [6, 6.07) is 1.79. The maximum Gasteiger partial charge on any atom is 0.154 e. The van der Waals surface area contributed by atoms with E-state index in [9.17, 15) is 4.79 Å². The highest BCUT2D eigenvalue weighted by molar-refractivity contribution is 7.99. The Kier molecular flexibility index (Phi) is 3.00. The Labute approximate surface area is 96.9 Å². The van der Waals surface area contributed by atoms with E-state index >= 15 is 0 Å². The summed E-state index contributed by atoms with van der Waals surface area (Å²) in [6.07, 6.45) is 3.97. The number of aldehydes is 1. The van der Waals surface area contributed by atoms with Gasteiger partial charge in [-0.3, -0.25) is 9.48 Å². The first kappa shape index (κ1) is 10.8. The van der Waals surface area contributed by atoms with Gasteiger partial charge in [0.25, 0.3) is 0 Å². The lowest BCUT2D eigenvalue weighted by molar-refractivity contribution is 0.112. The van der Waals surface area contributed by atoms with E-state index in [2.05, 4.69) is 15.1 Å². The van der Waals surface area contributed by atoms with E-state index in [0.29, 0.717) is 5.56 Å². The molecule has 0 aliphatic heterocycles. The highest BCUT2D eigenvalue weighted by atomic mass is 32.2. The molecule has 0 unspecified atom stereocenters. The summed E-state index contributed by atoms with van der Waals surface area (Å²) in [7, 11) is 1.81. The van der Waals surface area contributed by atoms with Crippen LogP contribution in [0.2, 0.25) is 0 Å². The van der Waals surface area contributed by atoms with Gasteiger partial charge in [-0.2, -0.15) is 5.10 Å². The Morgan fingerprint density at radius 1 is 1.50 bits per heavy atom. The molecule has 6 heteroatoms. The van der Waals surface area contributed by atoms with E-state index < -0.39 is 0 Å². The van der Waals surface area contributed by atoms with E-state index in [0.717, 1.165) is 22.0 Å². The SMILES string of the molecule is Cc1nn(C)c(Sc2ccncn2)c1C=O. The van der Waals surface area contributed by atoms with Crippen molar-refractivity contribution in [2.75, 3.05) is 0 Å². The van der Waals surface area contributed by atoms with E-state index in [1.54, 1.807) is 16.9 Å². The van der Waals surface area contributed by atoms with E-state index in [-0.39, 0.29) is 0 Å². The lowest BCUT2D eigenvalue weighted by Crippen LogP contribution is -1.94. The van der Waals surface area contributed by atoms with Crippen molar-refractivity contribution in [3.8, 4) is 0 Å². The van der Waals surface area contributed by atoms with Gasteiger partial charge in [-0.15, -0.1) is 0 Å². The van der Waals surface area contributed by atoms with Crippen LogP contribution in [0.25, 0.3) is 0 Å². The number of hydrogen-bond donors (Lipinski definition) is 0. The second-order valence-electron chi connectivity index (χ2n) is 3.20. The quantitative estimate of drug-likeness (QED) is 0.594. The smallest absolute Gasteiger partial charge is 0.154 e. The van der Waals surface area contributed by atoms with Crippen LogP contribution in [0.15, 0.2) is 28.6 Å².